The SMILES string of the molecule is Cc1ccccc1/C=C/C1=CC=NC2=NC(N3CCCC3)=NC(=O)C12. The number of allylic oxidation sites excluding steroid dienone is 2. The summed E-state index contributed by atoms with van der Waals surface area (Å²) in [5, 5.41) is 0. The molecule has 0 bridgehead atoms. The Balaban J connectivity index is 1.60. The van der Waals surface area contributed by atoms with Crippen LogP contribution in [0.2, 0.25) is 0 Å². The zero-order valence-corrected chi connectivity index (χ0v) is 14.2. The molecule has 4 rings (SSSR count). The van der Waals surface area contributed by atoms with Crippen molar-refractivity contribution < 1.29 is 4.79 Å². The fraction of sp³-hybridized carbons (Fsp3) is 0.300. The van der Waals surface area contributed by atoms with Crippen molar-refractivity contribution in [1.82, 2.24) is 4.90 Å². The third kappa shape index (κ3) is 3.09. The zero-order valence-electron chi connectivity index (χ0n) is 14.2. The van der Waals surface area contributed by atoms with Gasteiger partial charge in [0.25, 0.3) is 5.91 Å². The third-order valence-electron chi connectivity index (χ3n) is 4.77. The molecule has 5 heteroatoms. The number of aliphatic imine (C=N–C) groups is 3. The van der Waals surface area contributed by atoms with Gasteiger partial charge in [0.05, 0.1) is 0 Å². The lowest BCUT2D eigenvalue weighted by Crippen LogP contribution is -2.36. The van der Waals surface area contributed by atoms with E-state index in [1.54, 1.807) is 6.21 Å². The number of amides is 1. The quantitative estimate of drug-likeness (QED) is 0.836. The van der Waals surface area contributed by atoms with Gasteiger partial charge in [-0.15, -0.1) is 0 Å². The number of carbonyl (C=O) groups excluding carboxylic acids is 1. The summed E-state index contributed by atoms with van der Waals surface area (Å²) < 4.78 is 0. The molecule has 1 aromatic carbocycles. The van der Waals surface area contributed by atoms with E-state index in [-0.39, 0.29) is 5.91 Å². The van der Waals surface area contributed by atoms with Gasteiger partial charge in [-0.3, -0.25) is 4.79 Å². The van der Waals surface area contributed by atoms with Crippen molar-refractivity contribution in [1.29, 1.82) is 0 Å². The predicted octanol–water partition coefficient (Wildman–Crippen LogP) is 3.03. The molecule has 0 saturated carbocycles. The van der Waals surface area contributed by atoms with Crippen LogP contribution < -0.4 is 0 Å². The van der Waals surface area contributed by atoms with Crippen LogP contribution in [0.15, 0.2) is 57.0 Å². The lowest BCUT2D eigenvalue weighted by molar-refractivity contribution is -0.118. The van der Waals surface area contributed by atoms with E-state index >= 15 is 0 Å². The first-order valence-electron chi connectivity index (χ1n) is 8.66. The van der Waals surface area contributed by atoms with Crippen LogP contribution in [0.1, 0.15) is 24.0 Å². The number of guanidine groups is 1. The lowest BCUT2D eigenvalue weighted by atomic mass is 9.93. The molecule has 1 unspecified atom stereocenters. The second-order valence-electron chi connectivity index (χ2n) is 6.48. The van der Waals surface area contributed by atoms with Crippen molar-refractivity contribution >= 4 is 30.0 Å². The number of likely N-dealkylation sites (tertiary alicyclic amines) is 1. The minimum Gasteiger partial charge on any atom is -0.341 e. The number of dihydropyridines is 1. The van der Waals surface area contributed by atoms with E-state index in [0.717, 1.165) is 37.1 Å². The van der Waals surface area contributed by atoms with E-state index in [4.69, 9.17) is 0 Å². The number of nitrogens with zero attached hydrogens (tertiary/aromatic N) is 4. The minimum atomic E-state index is -0.489. The summed E-state index contributed by atoms with van der Waals surface area (Å²) in [6, 6.07) is 8.16. The van der Waals surface area contributed by atoms with Gasteiger partial charge >= 0.3 is 0 Å². The smallest absolute Gasteiger partial charge is 0.264 e. The summed E-state index contributed by atoms with van der Waals surface area (Å²) in [4.78, 5) is 27.8. The van der Waals surface area contributed by atoms with Gasteiger partial charge in [0.15, 0.2) is 0 Å². The largest absolute Gasteiger partial charge is 0.341 e. The number of amidine groups is 1. The molecule has 0 aliphatic carbocycles. The zero-order chi connectivity index (χ0) is 17.2. The van der Waals surface area contributed by atoms with Gasteiger partial charge in [-0.1, -0.05) is 36.4 Å². The van der Waals surface area contributed by atoms with Crippen LogP contribution in [-0.2, 0) is 4.79 Å². The van der Waals surface area contributed by atoms with Gasteiger partial charge in [-0.25, -0.2) is 4.99 Å². The molecule has 1 aromatic rings. The van der Waals surface area contributed by atoms with Gasteiger partial charge in [0, 0.05) is 19.3 Å². The molecule has 25 heavy (non-hydrogen) atoms. The van der Waals surface area contributed by atoms with Crippen LogP contribution in [0.4, 0.5) is 0 Å². The van der Waals surface area contributed by atoms with Crippen LogP contribution in [0, 0.1) is 12.8 Å². The highest BCUT2D eigenvalue weighted by atomic mass is 16.1. The summed E-state index contributed by atoms with van der Waals surface area (Å²) in [6.07, 6.45) is 9.83. The van der Waals surface area contributed by atoms with Crippen LogP contribution in [-0.4, -0.2) is 41.9 Å². The lowest BCUT2D eigenvalue weighted by Gasteiger charge is -2.24. The van der Waals surface area contributed by atoms with Gasteiger partial charge in [0.1, 0.15) is 11.8 Å². The number of rotatable bonds is 2. The molecule has 1 saturated heterocycles. The Morgan fingerprint density at radius 1 is 1.12 bits per heavy atom. The Morgan fingerprint density at radius 2 is 1.92 bits per heavy atom. The van der Waals surface area contributed by atoms with Crippen LogP contribution in [0.5, 0.6) is 0 Å². The normalized spacial score (nSPS) is 22.8. The molecule has 3 aliphatic heterocycles. The average molecular weight is 332 g/mol. The van der Waals surface area contributed by atoms with E-state index < -0.39 is 5.92 Å². The number of aryl methyl sites for hydroxylation is 1. The van der Waals surface area contributed by atoms with E-state index in [0.29, 0.717) is 11.8 Å². The van der Waals surface area contributed by atoms with E-state index in [2.05, 4.69) is 38.9 Å². The van der Waals surface area contributed by atoms with E-state index in [1.165, 1.54) is 5.56 Å². The third-order valence-corrected chi connectivity index (χ3v) is 4.77. The number of carbonyl (C=O) groups is 1. The van der Waals surface area contributed by atoms with E-state index in [9.17, 15) is 4.79 Å². The molecule has 1 atom stereocenters. The maximum atomic E-state index is 12.6. The Hall–Kier alpha value is -2.82. The highest BCUT2D eigenvalue weighted by Gasteiger charge is 2.34. The average Bonchev–Trinajstić information content (AvgIpc) is 3.15. The Labute approximate surface area is 147 Å². The van der Waals surface area contributed by atoms with Crippen molar-refractivity contribution in [2.45, 2.75) is 19.8 Å². The Morgan fingerprint density at radius 3 is 2.72 bits per heavy atom. The van der Waals surface area contributed by atoms with Crippen LogP contribution in [0.3, 0.4) is 0 Å². The second-order valence-corrected chi connectivity index (χ2v) is 6.48. The van der Waals surface area contributed by atoms with Gasteiger partial charge in [-0.2, -0.15) is 9.98 Å². The van der Waals surface area contributed by atoms with Crippen molar-refractivity contribution in [2.75, 3.05) is 13.1 Å². The molecular formula is C20H20N4O. The molecule has 0 spiro atoms. The summed E-state index contributed by atoms with van der Waals surface area (Å²) >= 11 is 0. The molecule has 0 N–H and O–H groups in total. The molecule has 3 aliphatic rings. The molecular weight excluding hydrogens is 312 g/mol. The van der Waals surface area contributed by atoms with Gasteiger partial charge < -0.3 is 4.90 Å². The summed E-state index contributed by atoms with van der Waals surface area (Å²) in [6.45, 7) is 3.89. The van der Waals surface area contributed by atoms with Gasteiger partial charge in [-0.05, 0) is 42.5 Å². The van der Waals surface area contributed by atoms with E-state index in [1.807, 2.05) is 30.4 Å². The minimum absolute atomic E-state index is 0.176. The first-order valence-corrected chi connectivity index (χ1v) is 8.66. The maximum absolute atomic E-state index is 12.6. The highest BCUT2D eigenvalue weighted by molar-refractivity contribution is 6.20. The maximum Gasteiger partial charge on any atom is 0.264 e. The predicted molar refractivity (Wildman–Crippen MR) is 101 cm³/mol. The first kappa shape index (κ1) is 15.7. The second kappa shape index (κ2) is 6.59. The summed E-state index contributed by atoms with van der Waals surface area (Å²) in [5.74, 6) is 0.407. The topological polar surface area (TPSA) is 57.4 Å². The standard InChI is InChI=1S/C20H20N4O/c1-14-6-2-3-7-15(14)8-9-16-10-11-21-18-17(16)19(25)23-20(22-18)24-12-4-5-13-24/h2-3,6-11,17H,4-5,12-13H2,1H3/b9-8+. The fourth-order valence-electron chi connectivity index (χ4n) is 3.33. The molecule has 1 amide bonds. The molecule has 0 radical (unpaired) electrons. The van der Waals surface area contributed by atoms with Gasteiger partial charge in [0.2, 0.25) is 5.96 Å². The molecule has 3 heterocycles. The van der Waals surface area contributed by atoms with Crippen molar-refractivity contribution in [3.63, 3.8) is 0 Å². The number of benzene rings is 1. The fourth-order valence-corrected chi connectivity index (χ4v) is 3.33. The van der Waals surface area contributed by atoms with Crippen LogP contribution >= 0.6 is 0 Å². The monoisotopic (exact) mass is 332 g/mol. The highest BCUT2D eigenvalue weighted by Crippen LogP contribution is 2.25. The first-order chi connectivity index (χ1) is 12.2. The Bertz CT molecular complexity index is 854. The molecule has 5 nitrogen and oxygen atoms in total. The van der Waals surface area contributed by atoms with Crippen molar-refractivity contribution in [3.05, 3.63) is 53.1 Å². The summed E-state index contributed by atoms with van der Waals surface area (Å²) in [7, 11) is 0. The Kier molecular flexibility index (Phi) is 4.14. The number of hydrogen-bond donors (Lipinski definition) is 0. The molecule has 126 valence electrons. The van der Waals surface area contributed by atoms with Crippen molar-refractivity contribution in [3.8, 4) is 0 Å². The van der Waals surface area contributed by atoms with Crippen LogP contribution in [0.25, 0.3) is 6.08 Å². The molecule has 1 fully saturated rings. The van der Waals surface area contributed by atoms with Crippen molar-refractivity contribution in [2.24, 2.45) is 20.9 Å². The number of hydrogen-bond acceptors (Lipinski definition) is 4. The number of fused-ring (bicyclic) bond motifs is 1. The summed E-state index contributed by atoms with van der Waals surface area (Å²) in [5.41, 5.74) is 3.21. The molecule has 0 aromatic heterocycles.